The summed E-state index contributed by atoms with van der Waals surface area (Å²) in [6, 6.07) is 7.53. The van der Waals surface area contributed by atoms with Gasteiger partial charge >= 0.3 is 0 Å². The lowest BCUT2D eigenvalue weighted by molar-refractivity contribution is 0.306. The monoisotopic (exact) mass is 373 g/mol. The van der Waals surface area contributed by atoms with Crippen molar-refractivity contribution in [2.45, 2.75) is 43.7 Å². The van der Waals surface area contributed by atoms with Gasteiger partial charge in [-0.2, -0.15) is 0 Å². The highest BCUT2D eigenvalue weighted by molar-refractivity contribution is 8.15. The number of aromatic nitrogens is 1. The number of para-hydroxylation sites is 1. The Balaban J connectivity index is 2.20. The molecule has 1 heterocycles. The Morgan fingerprint density at radius 1 is 1.22 bits per heavy atom. The number of thiazole rings is 1. The van der Waals surface area contributed by atoms with Gasteiger partial charge in [-0.3, -0.25) is 0 Å². The number of nitrogens with zero attached hydrogens (tertiary/aromatic N) is 1. The smallest absolute Gasteiger partial charge is 0.272 e. The summed E-state index contributed by atoms with van der Waals surface area (Å²) in [5.74, 6) is 0.719. The van der Waals surface area contributed by atoms with E-state index in [1.807, 2.05) is 24.3 Å². The molecular formula is C16H20ClNO3S2. The van der Waals surface area contributed by atoms with Gasteiger partial charge in [0.25, 0.3) is 9.05 Å². The molecule has 0 aliphatic rings. The van der Waals surface area contributed by atoms with Crippen molar-refractivity contribution in [3.05, 3.63) is 30.0 Å². The molecule has 4 nitrogen and oxygen atoms in total. The van der Waals surface area contributed by atoms with Gasteiger partial charge in [0.1, 0.15) is 10.8 Å². The van der Waals surface area contributed by atoms with E-state index in [-0.39, 0.29) is 4.21 Å². The van der Waals surface area contributed by atoms with Gasteiger partial charge in [0.2, 0.25) is 0 Å². The van der Waals surface area contributed by atoms with E-state index in [0.29, 0.717) is 17.3 Å². The number of benzene rings is 1. The summed E-state index contributed by atoms with van der Waals surface area (Å²) in [4.78, 5) is 4.34. The van der Waals surface area contributed by atoms with E-state index in [4.69, 9.17) is 15.4 Å². The van der Waals surface area contributed by atoms with Gasteiger partial charge < -0.3 is 4.74 Å². The van der Waals surface area contributed by atoms with E-state index in [9.17, 15) is 8.42 Å². The van der Waals surface area contributed by atoms with Gasteiger partial charge in [-0.05, 0) is 25.5 Å². The van der Waals surface area contributed by atoms with E-state index >= 15 is 0 Å². The largest absolute Gasteiger partial charge is 0.493 e. The number of unbranched alkanes of at least 4 members (excludes halogenated alkanes) is 3. The zero-order valence-corrected chi connectivity index (χ0v) is 15.6. The Hall–Kier alpha value is -1.11. The molecule has 1 aromatic carbocycles. The van der Waals surface area contributed by atoms with Crippen LogP contribution in [0.25, 0.3) is 10.6 Å². The maximum Gasteiger partial charge on any atom is 0.272 e. The molecule has 0 amide bonds. The van der Waals surface area contributed by atoms with E-state index in [1.165, 1.54) is 12.8 Å². The first kappa shape index (κ1) is 18.2. The standard InChI is InChI=1S/C16H20ClNO3S2/c1-3-4-5-8-11-21-14-10-7-6-9-13(14)15-18-12(2)16(22-15)23(17,19)20/h6-7,9-10H,3-5,8,11H2,1-2H3. The summed E-state index contributed by atoms with van der Waals surface area (Å²) < 4.78 is 29.1. The molecule has 0 saturated carbocycles. The van der Waals surface area contributed by atoms with Crippen LogP contribution >= 0.6 is 22.0 Å². The molecule has 2 rings (SSSR count). The molecule has 2 aromatic rings. The highest BCUT2D eigenvalue weighted by Gasteiger charge is 2.21. The van der Waals surface area contributed by atoms with Crippen LogP contribution < -0.4 is 4.74 Å². The number of hydrogen-bond donors (Lipinski definition) is 0. The van der Waals surface area contributed by atoms with Crippen LogP contribution in [0.1, 0.15) is 38.3 Å². The molecule has 0 N–H and O–H groups in total. The molecule has 126 valence electrons. The maximum atomic E-state index is 11.6. The van der Waals surface area contributed by atoms with Crippen molar-refractivity contribution in [2.75, 3.05) is 6.61 Å². The third-order valence-corrected chi connectivity index (χ3v) is 6.72. The molecule has 23 heavy (non-hydrogen) atoms. The molecule has 1 aromatic heterocycles. The zero-order chi connectivity index (χ0) is 16.9. The van der Waals surface area contributed by atoms with Gasteiger partial charge in [-0.25, -0.2) is 13.4 Å². The SMILES string of the molecule is CCCCCCOc1ccccc1-c1nc(C)c(S(=O)(=O)Cl)s1. The average molecular weight is 374 g/mol. The van der Waals surface area contributed by atoms with Crippen molar-refractivity contribution >= 4 is 31.1 Å². The normalized spacial score (nSPS) is 11.6. The summed E-state index contributed by atoms with van der Waals surface area (Å²) in [5.41, 5.74) is 1.21. The lowest BCUT2D eigenvalue weighted by atomic mass is 10.2. The molecule has 0 aliphatic heterocycles. The van der Waals surface area contributed by atoms with Crippen LogP contribution in [0.3, 0.4) is 0 Å². The fourth-order valence-electron chi connectivity index (χ4n) is 2.20. The summed E-state index contributed by atoms with van der Waals surface area (Å²) in [7, 11) is 1.67. The Bertz CT molecular complexity index is 756. The molecule has 0 unspecified atom stereocenters. The number of hydrogen-bond acceptors (Lipinski definition) is 5. The summed E-state index contributed by atoms with van der Waals surface area (Å²) >= 11 is 1.07. The average Bonchev–Trinajstić information content (AvgIpc) is 2.89. The van der Waals surface area contributed by atoms with Gasteiger partial charge in [-0.1, -0.05) is 38.3 Å². The van der Waals surface area contributed by atoms with E-state index in [2.05, 4.69) is 11.9 Å². The molecule has 0 aliphatic carbocycles. The molecular weight excluding hydrogens is 354 g/mol. The van der Waals surface area contributed by atoms with Crippen LogP contribution in [0, 0.1) is 6.92 Å². The maximum absolute atomic E-state index is 11.6. The van der Waals surface area contributed by atoms with Crippen molar-refractivity contribution in [3.63, 3.8) is 0 Å². The fraction of sp³-hybridized carbons (Fsp3) is 0.438. The first-order valence-electron chi connectivity index (χ1n) is 7.57. The van der Waals surface area contributed by atoms with E-state index in [0.717, 1.165) is 35.5 Å². The second-order valence-corrected chi connectivity index (χ2v) is 9.00. The Kier molecular flexibility index (Phi) is 6.44. The van der Waals surface area contributed by atoms with Crippen LogP contribution in [0.15, 0.2) is 28.5 Å². The number of ether oxygens (including phenoxy) is 1. The fourth-order valence-corrected chi connectivity index (χ4v) is 4.69. The third kappa shape index (κ3) is 4.93. The van der Waals surface area contributed by atoms with Crippen molar-refractivity contribution in [1.29, 1.82) is 0 Å². The first-order chi connectivity index (χ1) is 10.9. The summed E-state index contributed by atoms with van der Waals surface area (Å²) in [6.45, 7) is 4.45. The van der Waals surface area contributed by atoms with Gasteiger partial charge in [0.15, 0.2) is 4.21 Å². The van der Waals surface area contributed by atoms with E-state index in [1.54, 1.807) is 6.92 Å². The second kappa shape index (κ2) is 8.13. The van der Waals surface area contributed by atoms with Gasteiger partial charge in [0.05, 0.1) is 17.9 Å². The second-order valence-electron chi connectivity index (χ2n) is 5.24. The molecule has 0 spiro atoms. The predicted octanol–water partition coefficient (Wildman–Crippen LogP) is 5.01. The topological polar surface area (TPSA) is 56.3 Å². The molecule has 0 atom stereocenters. The summed E-state index contributed by atoms with van der Waals surface area (Å²) in [6.07, 6.45) is 4.53. The minimum absolute atomic E-state index is 0.0897. The summed E-state index contributed by atoms with van der Waals surface area (Å²) in [5, 5.41) is 0.603. The first-order valence-corrected chi connectivity index (χ1v) is 10.7. The van der Waals surface area contributed by atoms with Crippen molar-refractivity contribution in [3.8, 4) is 16.3 Å². The van der Waals surface area contributed by atoms with Crippen LogP contribution in [0.5, 0.6) is 5.75 Å². The highest BCUT2D eigenvalue weighted by Crippen LogP contribution is 2.37. The number of halogens is 1. The minimum atomic E-state index is -3.77. The Labute approximate surface area is 145 Å². The van der Waals surface area contributed by atoms with Gasteiger partial charge in [-0.15, -0.1) is 11.3 Å². The van der Waals surface area contributed by atoms with Crippen molar-refractivity contribution in [2.24, 2.45) is 0 Å². The lowest BCUT2D eigenvalue weighted by Gasteiger charge is -2.09. The zero-order valence-electron chi connectivity index (χ0n) is 13.2. The van der Waals surface area contributed by atoms with Crippen LogP contribution in [-0.4, -0.2) is 20.0 Å². The Morgan fingerprint density at radius 2 is 1.96 bits per heavy atom. The number of aryl methyl sites for hydroxylation is 1. The minimum Gasteiger partial charge on any atom is -0.493 e. The van der Waals surface area contributed by atoms with Crippen LogP contribution in [-0.2, 0) is 9.05 Å². The molecule has 0 saturated heterocycles. The van der Waals surface area contributed by atoms with Crippen molar-refractivity contribution < 1.29 is 13.2 Å². The third-order valence-electron chi connectivity index (χ3n) is 3.35. The quantitative estimate of drug-likeness (QED) is 0.482. The highest BCUT2D eigenvalue weighted by atomic mass is 35.7. The van der Waals surface area contributed by atoms with E-state index < -0.39 is 9.05 Å². The lowest BCUT2D eigenvalue weighted by Crippen LogP contribution is -1.98. The number of rotatable bonds is 8. The predicted molar refractivity (Wildman–Crippen MR) is 95.0 cm³/mol. The van der Waals surface area contributed by atoms with Crippen LogP contribution in [0.2, 0.25) is 0 Å². The molecule has 0 bridgehead atoms. The van der Waals surface area contributed by atoms with Crippen LogP contribution in [0.4, 0.5) is 0 Å². The Morgan fingerprint density at radius 3 is 2.61 bits per heavy atom. The molecule has 0 radical (unpaired) electrons. The molecule has 7 heteroatoms. The molecule has 0 fully saturated rings. The van der Waals surface area contributed by atoms with Gasteiger partial charge in [0, 0.05) is 10.7 Å². The van der Waals surface area contributed by atoms with Crippen molar-refractivity contribution in [1.82, 2.24) is 4.98 Å².